The molecule has 112 valence electrons. The topological polar surface area (TPSA) is 64.8 Å². The minimum Gasteiger partial charge on any atom is -0.463 e. The van der Waals surface area contributed by atoms with Crippen LogP contribution in [0.5, 0.6) is 5.75 Å². The second-order valence-electron chi connectivity index (χ2n) is 4.30. The number of nitrogens with zero attached hydrogens (tertiary/aromatic N) is 1. The third-order valence-corrected chi connectivity index (χ3v) is 2.96. The van der Waals surface area contributed by atoms with Crippen LogP contribution in [0.4, 0.5) is 4.39 Å². The van der Waals surface area contributed by atoms with Gasteiger partial charge in [0.05, 0.1) is 19.7 Å². The van der Waals surface area contributed by atoms with Crippen LogP contribution in [-0.2, 0) is 16.1 Å². The van der Waals surface area contributed by atoms with E-state index in [-0.39, 0.29) is 24.8 Å². The van der Waals surface area contributed by atoms with E-state index in [4.69, 9.17) is 15.2 Å². The quantitative estimate of drug-likeness (QED) is 0.820. The maximum atomic E-state index is 13.2. The number of carbonyl (C=O) groups is 1. The highest BCUT2D eigenvalue weighted by molar-refractivity contribution is 5.85. The van der Waals surface area contributed by atoms with E-state index in [0.29, 0.717) is 32.0 Å². The molecular weight excluding hydrogens is 287 g/mol. The van der Waals surface area contributed by atoms with Gasteiger partial charge in [0.1, 0.15) is 17.9 Å². The van der Waals surface area contributed by atoms with Crippen LogP contribution in [0.2, 0.25) is 0 Å². The summed E-state index contributed by atoms with van der Waals surface area (Å²) < 4.78 is 24.3. The number of halogens is 2. The van der Waals surface area contributed by atoms with Crippen molar-refractivity contribution in [3.05, 3.63) is 29.6 Å². The van der Waals surface area contributed by atoms with Gasteiger partial charge in [-0.15, -0.1) is 12.4 Å². The monoisotopic (exact) mass is 304 g/mol. The highest BCUT2D eigenvalue weighted by Crippen LogP contribution is 2.22. The van der Waals surface area contributed by atoms with Gasteiger partial charge in [0, 0.05) is 24.7 Å². The van der Waals surface area contributed by atoms with Crippen molar-refractivity contribution < 1.29 is 18.7 Å². The molecule has 0 amide bonds. The van der Waals surface area contributed by atoms with Gasteiger partial charge >= 0.3 is 0 Å². The molecule has 1 saturated heterocycles. The molecule has 0 bridgehead atoms. The highest BCUT2D eigenvalue weighted by atomic mass is 35.5. The van der Waals surface area contributed by atoms with Gasteiger partial charge in [-0.2, -0.15) is 0 Å². The van der Waals surface area contributed by atoms with Gasteiger partial charge in [0.25, 0.3) is 0 Å². The molecule has 1 atom stereocenters. The fraction of sp³-hybridized carbons (Fsp3) is 0.462. The number of aldehydes is 1. The Bertz CT molecular complexity index is 448. The molecule has 20 heavy (non-hydrogen) atoms. The Kier molecular flexibility index (Phi) is 6.87. The van der Waals surface area contributed by atoms with Crippen LogP contribution in [0, 0.1) is 5.82 Å². The van der Waals surface area contributed by atoms with Crippen molar-refractivity contribution in [2.24, 2.45) is 5.73 Å². The Morgan fingerprint density at radius 2 is 2.35 bits per heavy atom. The predicted octanol–water partition coefficient (Wildman–Crippen LogP) is 0.942. The summed E-state index contributed by atoms with van der Waals surface area (Å²) in [5, 5.41) is 0. The summed E-state index contributed by atoms with van der Waals surface area (Å²) in [6, 6.07) is 4.23. The largest absolute Gasteiger partial charge is 0.463 e. The molecule has 2 N–H and O–H groups in total. The van der Waals surface area contributed by atoms with E-state index in [1.165, 1.54) is 12.1 Å². The number of benzene rings is 1. The van der Waals surface area contributed by atoms with Gasteiger partial charge in [-0.3, -0.25) is 4.90 Å². The first-order valence-electron chi connectivity index (χ1n) is 6.15. The number of carbonyl (C=O) groups excluding carboxylic acids is 1. The Balaban J connectivity index is 0.00000200. The SMILES string of the molecule is Cl.NCc1ccc(F)cc1OC1CN(CC=O)CCO1. The zero-order valence-electron chi connectivity index (χ0n) is 11.0. The number of rotatable bonds is 5. The van der Waals surface area contributed by atoms with E-state index < -0.39 is 6.29 Å². The van der Waals surface area contributed by atoms with Crippen LogP contribution in [0.25, 0.3) is 0 Å². The number of morpholine rings is 1. The van der Waals surface area contributed by atoms with E-state index in [2.05, 4.69) is 0 Å². The zero-order chi connectivity index (χ0) is 13.7. The van der Waals surface area contributed by atoms with Crippen LogP contribution in [-0.4, -0.2) is 43.7 Å². The molecule has 0 aromatic heterocycles. The molecule has 1 fully saturated rings. The first-order valence-corrected chi connectivity index (χ1v) is 6.15. The second-order valence-corrected chi connectivity index (χ2v) is 4.30. The van der Waals surface area contributed by atoms with Crippen LogP contribution in [0.1, 0.15) is 5.56 Å². The summed E-state index contributed by atoms with van der Waals surface area (Å²) in [7, 11) is 0. The third-order valence-electron chi connectivity index (χ3n) is 2.96. The smallest absolute Gasteiger partial charge is 0.212 e. The van der Waals surface area contributed by atoms with Gasteiger partial charge in [0.2, 0.25) is 6.29 Å². The summed E-state index contributed by atoms with van der Waals surface area (Å²) in [6.07, 6.45) is 0.330. The third kappa shape index (κ3) is 4.42. The molecule has 1 aliphatic heterocycles. The number of ether oxygens (including phenoxy) is 2. The maximum Gasteiger partial charge on any atom is 0.212 e. The van der Waals surface area contributed by atoms with Gasteiger partial charge in [-0.25, -0.2) is 4.39 Å². The van der Waals surface area contributed by atoms with E-state index in [0.717, 1.165) is 11.8 Å². The normalized spacial score (nSPS) is 19.2. The molecule has 0 aliphatic carbocycles. The second kappa shape index (κ2) is 8.16. The van der Waals surface area contributed by atoms with Gasteiger partial charge in [-0.1, -0.05) is 6.07 Å². The molecule has 2 rings (SSSR count). The van der Waals surface area contributed by atoms with Crippen molar-refractivity contribution in [3.8, 4) is 5.75 Å². The zero-order valence-corrected chi connectivity index (χ0v) is 11.8. The summed E-state index contributed by atoms with van der Waals surface area (Å²) in [6.45, 7) is 2.24. The van der Waals surface area contributed by atoms with Crippen molar-refractivity contribution in [2.75, 3.05) is 26.2 Å². The highest BCUT2D eigenvalue weighted by Gasteiger charge is 2.22. The Labute approximate surface area is 123 Å². The Morgan fingerprint density at radius 1 is 1.55 bits per heavy atom. The maximum absolute atomic E-state index is 13.2. The molecule has 5 nitrogen and oxygen atoms in total. The van der Waals surface area contributed by atoms with Gasteiger partial charge in [-0.05, 0) is 6.07 Å². The van der Waals surface area contributed by atoms with E-state index in [9.17, 15) is 9.18 Å². The van der Waals surface area contributed by atoms with Crippen molar-refractivity contribution >= 4 is 18.7 Å². The van der Waals surface area contributed by atoms with E-state index in [1.807, 2.05) is 4.90 Å². The van der Waals surface area contributed by atoms with Crippen molar-refractivity contribution in [1.82, 2.24) is 4.90 Å². The molecule has 1 aromatic rings. The molecule has 0 spiro atoms. The number of hydrogen-bond acceptors (Lipinski definition) is 5. The average Bonchev–Trinajstić information content (AvgIpc) is 2.40. The molecule has 1 aromatic carbocycles. The first kappa shape index (κ1) is 16.8. The minimum absolute atomic E-state index is 0. The van der Waals surface area contributed by atoms with E-state index >= 15 is 0 Å². The molecule has 1 aliphatic rings. The molecule has 1 unspecified atom stereocenters. The summed E-state index contributed by atoms with van der Waals surface area (Å²) in [5.74, 6) is 0.00760. The molecule has 0 saturated carbocycles. The average molecular weight is 305 g/mol. The summed E-state index contributed by atoms with van der Waals surface area (Å²) >= 11 is 0. The van der Waals surface area contributed by atoms with Crippen molar-refractivity contribution in [3.63, 3.8) is 0 Å². The lowest BCUT2D eigenvalue weighted by atomic mass is 10.2. The molecule has 1 heterocycles. The molecule has 7 heteroatoms. The lowest BCUT2D eigenvalue weighted by Gasteiger charge is -2.31. The number of hydrogen-bond donors (Lipinski definition) is 1. The fourth-order valence-corrected chi connectivity index (χ4v) is 1.96. The number of nitrogens with two attached hydrogens (primary N) is 1. The lowest BCUT2D eigenvalue weighted by Crippen LogP contribution is -2.45. The van der Waals surface area contributed by atoms with E-state index in [1.54, 1.807) is 6.07 Å². The van der Waals surface area contributed by atoms with Crippen LogP contribution < -0.4 is 10.5 Å². The summed E-state index contributed by atoms with van der Waals surface area (Å²) in [5.41, 5.74) is 6.30. The molecular formula is C13H18ClFN2O3. The van der Waals surface area contributed by atoms with Crippen LogP contribution >= 0.6 is 12.4 Å². The Hall–Kier alpha value is -1.21. The fourth-order valence-electron chi connectivity index (χ4n) is 1.96. The van der Waals surface area contributed by atoms with Crippen molar-refractivity contribution in [1.29, 1.82) is 0 Å². The summed E-state index contributed by atoms with van der Waals surface area (Å²) in [4.78, 5) is 12.4. The van der Waals surface area contributed by atoms with Crippen LogP contribution in [0.15, 0.2) is 18.2 Å². The minimum atomic E-state index is -0.513. The van der Waals surface area contributed by atoms with Crippen LogP contribution in [0.3, 0.4) is 0 Å². The Morgan fingerprint density at radius 3 is 3.05 bits per heavy atom. The first-order chi connectivity index (χ1) is 9.22. The molecule has 0 radical (unpaired) electrons. The lowest BCUT2D eigenvalue weighted by molar-refractivity contribution is -0.134. The van der Waals surface area contributed by atoms with Crippen molar-refractivity contribution in [2.45, 2.75) is 12.8 Å². The van der Waals surface area contributed by atoms with Gasteiger partial charge in [0.15, 0.2) is 0 Å². The van der Waals surface area contributed by atoms with Gasteiger partial charge < -0.3 is 20.0 Å². The standard InChI is InChI=1S/C13H17FN2O3.ClH/c14-11-2-1-10(8-15)12(7-11)19-13-9-16(3-5-17)4-6-18-13;/h1-2,5,7,13H,3-4,6,8-9,15H2;1H. The predicted molar refractivity (Wildman–Crippen MR) is 74.4 cm³/mol.